The van der Waals surface area contributed by atoms with Crippen LogP contribution in [-0.2, 0) is 12.8 Å². The molecule has 2 aromatic carbocycles. The lowest BCUT2D eigenvalue weighted by Crippen LogP contribution is -2.15. The van der Waals surface area contributed by atoms with Crippen LogP contribution in [0.1, 0.15) is 11.1 Å². The summed E-state index contributed by atoms with van der Waals surface area (Å²) in [4.78, 5) is 0. The van der Waals surface area contributed by atoms with Crippen LogP contribution in [0.4, 0.5) is 17.6 Å². The van der Waals surface area contributed by atoms with Crippen molar-refractivity contribution in [1.82, 2.24) is 0 Å². The van der Waals surface area contributed by atoms with E-state index in [0.29, 0.717) is 0 Å². The zero-order valence-corrected chi connectivity index (χ0v) is 10.4. The van der Waals surface area contributed by atoms with Gasteiger partial charge < -0.3 is 5.11 Å². The number of halogens is 4. The summed E-state index contributed by atoms with van der Waals surface area (Å²) < 4.78 is 52.4. The highest BCUT2D eigenvalue weighted by Gasteiger charge is 2.13. The van der Waals surface area contributed by atoms with Gasteiger partial charge in [-0.25, -0.2) is 17.6 Å². The summed E-state index contributed by atoms with van der Waals surface area (Å²) in [7, 11) is 0. The lowest BCUT2D eigenvalue weighted by atomic mass is 10.0. The van der Waals surface area contributed by atoms with Crippen LogP contribution in [0.15, 0.2) is 36.4 Å². The normalized spacial score (nSPS) is 12.4. The van der Waals surface area contributed by atoms with E-state index in [2.05, 4.69) is 0 Å². The summed E-state index contributed by atoms with van der Waals surface area (Å²) in [5, 5.41) is 9.82. The van der Waals surface area contributed by atoms with Gasteiger partial charge >= 0.3 is 0 Å². The van der Waals surface area contributed by atoms with Gasteiger partial charge in [-0.2, -0.15) is 0 Å². The van der Waals surface area contributed by atoms with E-state index in [-0.39, 0.29) is 24.0 Å². The molecule has 1 unspecified atom stereocenters. The van der Waals surface area contributed by atoms with Crippen molar-refractivity contribution in [2.24, 2.45) is 0 Å². The smallest absolute Gasteiger partial charge is 0.162 e. The minimum absolute atomic E-state index is 0.0226. The molecule has 0 fully saturated rings. The van der Waals surface area contributed by atoms with E-state index in [1.54, 1.807) is 0 Å². The zero-order chi connectivity index (χ0) is 14.7. The first kappa shape index (κ1) is 14.5. The molecule has 0 aliphatic carbocycles. The van der Waals surface area contributed by atoms with Gasteiger partial charge in [0.2, 0.25) is 0 Å². The Labute approximate surface area is 113 Å². The highest BCUT2D eigenvalue weighted by atomic mass is 19.2. The molecule has 0 amide bonds. The highest BCUT2D eigenvalue weighted by molar-refractivity contribution is 5.22. The van der Waals surface area contributed by atoms with Crippen LogP contribution in [-0.4, -0.2) is 11.2 Å². The molecule has 1 nitrogen and oxygen atoms in total. The molecular formula is C15H12F4O. The molecular weight excluding hydrogens is 272 g/mol. The van der Waals surface area contributed by atoms with Crippen molar-refractivity contribution in [3.8, 4) is 0 Å². The second kappa shape index (κ2) is 6.05. The van der Waals surface area contributed by atoms with Crippen LogP contribution in [0.2, 0.25) is 0 Å². The van der Waals surface area contributed by atoms with E-state index in [4.69, 9.17) is 0 Å². The first-order valence-corrected chi connectivity index (χ1v) is 6.01. The Bertz CT molecular complexity index is 593. The van der Waals surface area contributed by atoms with Crippen molar-refractivity contribution in [3.05, 3.63) is 70.8 Å². The Kier molecular flexibility index (Phi) is 4.39. The summed E-state index contributed by atoms with van der Waals surface area (Å²) in [5.74, 6) is -3.50. The largest absolute Gasteiger partial charge is 0.392 e. The number of aliphatic hydroxyl groups is 1. The molecule has 0 spiro atoms. The van der Waals surface area contributed by atoms with Gasteiger partial charge in [-0.15, -0.1) is 0 Å². The predicted molar refractivity (Wildman–Crippen MR) is 66.1 cm³/mol. The topological polar surface area (TPSA) is 20.2 Å². The van der Waals surface area contributed by atoms with Crippen LogP contribution in [0, 0.1) is 23.3 Å². The number of benzene rings is 2. The average molecular weight is 284 g/mol. The van der Waals surface area contributed by atoms with E-state index in [0.717, 1.165) is 24.3 Å². The monoisotopic (exact) mass is 284 g/mol. The van der Waals surface area contributed by atoms with Crippen LogP contribution >= 0.6 is 0 Å². The molecule has 1 N–H and O–H groups in total. The van der Waals surface area contributed by atoms with Crippen LogP contribution in [0.5, 0.6) is 0 Å². The highest BCUT2D eigenvalue weighted by Crippen LogP contribution is 2.16. The van der Waals surface area contributed by atoms with Gasteiger partial charge in [0.15, 0.2) is 11.6 Å². The fraction of sp³-hybridized carbons (Fsp3) is 0.200. The summed E-state index contributed by atoms with van der Waals surface area (Å²) in [6.45, 7) is 0. The standard InChI is InChI=1S/C15H12F4O/c16-11-4-9(5-12(17)8-11)6-13(20)7-10-2-1-3-14(18)15(10)19/h1-5,8,13,20H,6-7H2. The SMILES string of the molecule is OC(Cc1cc(F)cc(F)c1)Cc1cccc(F)c1F. The molecule has 0 aliphatic rings. The fourth-order valence-corrected chi connectivity index (χ4v) is 2.03. The maximum atomic E-state index is 13.4. The molecule has 0 heterocycles. The summed E-state index contributed by atoms with van der Waals surface area (Å²) in [5.41, 5.74) is 0.279. The van der Waals surface area contributed by atoms with Gasteiger partial charge in [0.05, 0.1) is 6.10 Å². The van der Waals surface area contributed by atoms with Crippen LogP contribution in [0.25, 0.3) is 0 Å². The van der Waals surface area contributed by atoms with E-state index < -0.39 is 29.4 Å². The Morgan fingerprint density at radius 2 is 1.55 bits per heavy atom. The predicted octanol–water partition coefficient (Wildman–Crippen LogP) is 3.39. The number of hydrogen-bond donors (Lipinski definition) is 1. The third-order valence-corrected chi connectivity index (χ3v) is 2.88. The molecule has 106 valence electrons. The van der Waals surface area contributed by atoms with Crippen molar-refractivity contribution in [2.45, 2.75) is 18.9 Å². The molecule has 0 saturated carbocycles. The van der Waals surface area contributed by atoms with E-state index in [1.165, 1.54) is 12.1 Å². The van der Waals surface area contributed by atoms with Gasteiger partial charge in [-0.1, -0.05) is 12.1 Å². The van der Waals surface area contributed by atoms with Gasteiger partial charge in [0, 0.05) is 12.5 Å². The van der Waals surface area contributed by atoms with E-state index in [1.807, 2.05) is 0 Å². The van der Waals surface area contributed by atoms with Crippen LogP contribution in [0.3, 0.4) is 0 Å². The quantitative estimate of drug-likeness (QED) is 0.853. The molecule has 0 bridgehead atoms. The Balaban J connectivity index is 2.09. The number of rotatable bonds is 4. The lowest BCUT2D eigenvalue weighted by molar-refractivity contribution is 0.173. The van der Waals surface area contributed by atoms with Crippen molar-refractivity contribution in [3.63, 3.8) is 0 Å². The third kappa shape index (κ3) is 3.57. The van der Waals surface area contributed by atoms with Crippen molar-refractivity contribution in [1.29, 1.82) is 0 Å². The lowest BCUT2D eigenvalue weighted by Gasteiger charge is -2.12. The molecule has 0 saturated heterocycles. The Hall–Kier alpha value is -1.88. The summed E-state index contributed by atoms with van der Waals surface area (Å²) >= 11 is 0. The van der Waals surface area contributed by atoms with Crippen molar-refractivity contribution < 1.29 is 22.7 Å². The van der Waals surface area contributed by atoms with Crippen molar-refractivity contribution >= 4 is 0 Å². The fourth-order valence-electron chi connectivity index (χ4n) is 2.03. The first-order chi connectivity index (χ1) is 9.45. The maximum Gasteiger partial charge on any atom is 0.162 e. The molecule has 0 aliphatic heterocycles. The Morgan fingerprint density at radius 3 is 2.20 bits per heavy atom. The molecule has 20 heavy (non-hydrogen) atoms. The molecule has 0 radical (unpaired) electrons. The summed E-state index contributed by atoms with van der Waals surface area (Å²) in [6.07, 6.45) is -1.25. The molecule has 0 aromatic heterocycles. The zero-order valence-electron chi connectivity index (χ0n) is 10.4. The minimum Gasteiger partial charge on any atom is -0.392 e. The van der Waals surface area contributed by atoms with E-state index in [9.17, 15) is 22.7 Å². The molecule has 5 heteroatoms. The number of hydrogen-bond acceptors (Lipinski definition) is 1. The molecule has 2 rings (SSSR count). The van der Waals surface area contributed by atoms with Gasteiger partial charge in [-0.05, 0) is 35.7 Å². The van der Waals surface area contributed by atoms with Gasteiger partial charge in [0.1, 0.15) is 11.6 Å². The summed E-state index contributed by atoms with van der Waals surface area (Å²) in [6, 6.07) is 6.58. The average Bonchev–Trinajstić information content (AvgIpc) is 2.33. The van der Waals surface area contributed by atoms with E-state index >= 15 is 0 Å². The van der Waals surface area contributed by atoms with Crippen molar-refractivity contribution in [2.75, 3.05) is 0 Å². The second-order valence-corrected chi connectivity index (χ2v) is 4.55. The Morgan fingerprint density at radius 1 is 0.900 bits per heavy atom. The third-order valence-electron chi connectivity index (χ3n) is 2.88. The minimum atomic E-state index is -1.06. The van der Waals surface area contributed by atoms with Crippen LogP contribution < -0.4 is 0 Å². The number of aliphatic hydroxyl groups excluding tert-OH is 1. The van der Waals surface area contributed by atoms with Gasteiger partial charge in [0.25, 0.3) is 0 Å². The van der Waals surface area contributed by atoms with Gasteiger partial charge in [-0.3, -0.25) is 0 Å². The molecule has 1 atom stereocenters. The first-order valence-electron chi connectivity index (χ1n) is 6.01. The second-order valence-electron chi connectivity index (χ2n) is 4.55. The maximum absolute atomic E-state index is 13.4. The molecule has 2 aromatic rings.